The highest BCUT2D eigenvalue weighted by molar-refractivity contribution is 5.48. The number of hydrogen-bond donors (Lipinski definition) is 1. The highest BCUT2D eigenvalue weighted by Gasteiger charge is 2.11. The summed E-state index contributed by atoms with van der Waals surface area (Å²) in [4.78, 5) is 1.95. The van der Waals surface area contributed by atoms with Gasteiger partial charge in [0, 0.05) is 19.3 Å². The van der Waals surface area contributed by atoms with Crippen LogP contribution in [0.3, 0.4) is 0 Å². The number of ether oxygens (including phenoxy) is 1. The maximum Gasteiger partial charge on any atom is 0.148 e. The third kappa shape index (κ3) is 4.51. The van der Waals surface area contributed by atoms with Crippen molar-refractivity contribution in [3.05, 3.63) is 59.7 Å². The van der Waals surface area contributed by atoms with Crippen molar-refractivity contribution < 1.29 is 9.84 Å². The predicted octanol–water partition coefficient (Wildman–Crippen LogP) is 2.74. The summed E-state index contributed by atoms with van der Waals surface area (Å²) in [6.45, 7) is 0.684. The Morgan fingerprint density at radius 3 is 2.39 bits per heavy atom. The molecule has 0 spiro atoms. The van der Waals surface area contributed by atoms with Crippen LogP contribution >= 0.6 is 0 Å². The van der Waals surface area contributed by atoms with E-state index in [9.17, 15) is 5.11 Å². The summed E-state index contributed by atoms with van der Waals surface area (Å²) in [5.41, 5.74) is 2.33. The number of likely N-dealkylation sites (N-methyl/N-ethyl adjacent to an activating group) is 1. The maximum absolute atomic E-state index is 10.3. The second-order valence-electron chi connectivity index (χ2n) is 5.12. The zero-order chi connectivity index (χ0) is 16.7. The topological polar surface area (TPSA) is 56.5 Å². The summed E-state index contributed by atoms with van der Waals surface area (Å²) in [7, 11) is 1.91. The highest BCUT2D eigenvalue weighted by Crippen LogP contribution is 2.21. The molecular formula is C19H18N2O2. The van der Waals surface area contributed by atoms with Crippen LogP contribution in [0.25, 0.3) is 0 Å². The van der Waals surface area contributed by atoms with Crippen LogP contribution in [0.5, 0.6) is 5.75 Å². The average Bonchev–Trinajstić information content (AvgIpc) is 2.60. The SMILES string of the molecule is C#CCOc1ccc(N(C)CC(O)c2ccc(C#N)cc2)cc1. The number of benzene rings is 2. The average molecular weight is 306 g/mol. The number of anilines is 1. The van der Waals surface area contributed by atoms with Gasteiger partial charge in [0.2, 0.25) is 0 Å². The molecule has 0 aliphatic heterocycles. The van der Waals surface area contributed by atoms with E-state index in [1.165, 1.54) is 0 Å². The van der Waals surface area contributed by atoms with Gasteiger partial charge in [0.1, 0.15) is 12.4 Å². The first-order chi connectivity index (χ1) is 11.1. The summed E-state index contributed by atoms with van der Waals surface area (Å²) in [5.74, 6) is 3.14. The van der Waals surface area contributed by atoms with Crippen LogP contribution in [0.2, 0.25) is 0 Å². The van der Waals surface area contributed by atoms with E-state index in [0.29, 0.717) is 17.9 Å². The van der Waals surface area contributed by atoms with Crippen molar-refractivity contribution in [1.29, 1.82) is 5.26 Å². The van der Waals surface area contributed by atoms with Crippen molar-refractivity contribution in [3.63, 3.8) is 0 Å². The van der Waals surface area contributed by atoms with E-state index < -0.39 is 6.10 Å². The minimum absolute atomic E-state index is 0.243. The number of aliphatic hydroxyl groups is 1. The predicted molar refractivity (Wildman–Crippen MR) is 90.2 cm³/mol. The van der Waals surface area contributed by atoms with Gasteiger partial charge in [0.25, 0.3) is 0 Å². The van der Waals surface area contributed by atoms with Crippen LogP contribution in [0, 0.1) is 23.7 Å². The van der Waals surface area contributed by atoms with E-state index >= 15 is 0 Å². The molecule has 2 rings (SSSR count). The summed E-state index contributed by atoms with van der Waals surface area (Å²) in [6.07, 6.45) is 4.52. The Bertz CT molecular complexity index is 709. The van der Waals surface area contributed by atoms with Crippen LogP contribution in [-0.2, 0) is 0 Å². The largest absolute Gasteiger partial charge is 0.481 e. The first-order valence-corrected chi connectivity index (χ1v) is 7.19. The van der Waals surface area contributed by atoms with E-state index in [0.717, 1.165) is 11.3 Å². The molecule has 2 aromatic carbocycles. The third-order valence-corrected chi connectivity index (χ3v) is 3.47. The van der Waals surface area contributed by atoms with E-state index in [-0.39, 0.29) is 6.61 Å². The fraction of sp³-hybridized carbons (Fsp3) is 0.211. The van der Waals surface area contributed by atoms with E-state index in [4.69, 9.17) is 16.4 Å². The van der Waals surface area contributed by atoms with Gasteiger partial charge < -0.3 is 14.7 Å². The highest BCUT2D eigenvalue weighted by atomic mass is 16.5. The fourth-order valence-electron chi connectivity index (χ4n) is 2.17. The molecule has 0 aliphatic carbocycles. The van der Waals surface area contributed by atoms with Gasteiger partial charge in [-0.15, -0.1) is 6.42 Å². The first-order valence-electron chi connectivity index (χ1n) is 7.19. The number of rotatable bonds is 6. The lowest BCUT2D eigenvalue weighted by Crippen LogP contribution is -2.24. The normalized spacial score (nSPS) is 11.1. The molecule has 0 aromatic heterocycles. The molecule has 0 fully saturated rings. The molecule has 0 saturated heterocycles. The van der Waals surface area contributed by atoms with Crippen molar-refractivity contribution in [3.8, 4) is 24.2 Å². The molecule has 1 unspecified atom stereocenters. The quantitative estimate of drug-likeness (QED) is 0.834. The Morgan fingerprint density at radius 2 is 1.83 bits per heavy atom. The second-order valence-corrected chi connectivity index (χ2v) is 5.12. The molecule has 0 aliphatic rings. The van der Waals surface area contributed by atoms with Crippen LogP contribution in [0.4, 0.5) is 5.69 Å². The van der Waals surface area contributed by atoms with Gasteiger partial charge in [0.05, 0.1) is 17.7 Å². The lowest BCUT2D eigenvalue weighted by atomic mass is 10.1. The molecular weight excluding hydrogens is 288 g/mol. The number of aliphatic hydroxyl groups excluding tert-OH is 1. The molecule has 23 heavy (non-hydrogen) atoms. The number of nitriles is 1. The van der Waals surface area contributed by atoms with E-state index in [1.54, 1.807) is 24.3 Å². The first kappa shape index (κ1) is 16.4. The maximum atomic E-state index is 10.3. The minimum Gasteiger partial charge on any atom is -0.481 e. The van der Waals surface area contributed by atoms with Crippen LogP contribution in [0.15, 0.2) is 48.5 Å². The van der Waals surface area contributed by atoms with Crippen molar-refractivity contribution in [2.45, 2.75) is 6.10 Å². The third-order valence-electron chi connectivity index (χ3n) is 3.47. The Labute approximate surface area is 136 Å². The molecule has 0 saturated carbocycles. The zero-order valence-electron chi connectivity index (χ0n) is 12.9. The van der Waals surface area contributed by atoms with Crippen LogP contribution in [-0.4, -0.2) is 25.3 Å². The van der Waals surface area contributed by atoms with E-state index in [1.807, 2.05) is 36.2 Å². The molecule has 0 bridgehead atoms. The summed E-state index contributed by atoms with van der Waals surface area (Å²) >= 11 is 0. The molecule has 0 heterocycles. The summed E-state index contributed by atoms with van der Waals surface area (Å²) in [5, 5.41) is 19.1. The van der Waals surface area contributed by atoms with Crippen molar-refractivity contribution in [2.24, 2.45) is 0 Å². The molecule has 0 radical (unpaired) electrons. The monoisotopic (exact) mass is 306 g/mol. The Hall–Kier alpha value is -2.95. The molecule has 1 atom stereocenters. The summed E-state index contributed by atoms with van der Waals surface area (Å²) in [6, 6.07) is 16.5. The molecule has 1 N–H and O–H groups in total. The van der Waals surface area contributed by atoms with Gasteiger partial charge in [-0.2, -0.15) is 5.26 Å². The molecule has 116 valence electrons. The number of nitrogens with zero attached hydrogens (tertiary/aromatic N) is 2. The molecule has 0 amide bonds. The standard InChI is InChI=1S/C19H18N2O2/c1-3-12-23-18-10-8-17(9-11-18)21(2)14-19(22)16-6-4-15(13-20)5-7-16/h1,4-11,19,22H,12,14H2,2H3. The Morgan fingerprint density at radius 1 is 1.17 bits per heavy atom. The summed E-state index contributed by atoms with van der Waals surface area (Å²) < 4.78 is 5.33. The second kappa shape index (κ2) is 7.89. The van der Waals surface area contributed by atoms with Gasteiger partial charge in [-0.05, 0) is 42.0 Å². The van der Waals surface area contributed by atoms with Gasteiger partial charge in [0.15, 0.2) is 0 Å². The molecule has 4 heteroatoms. The lowest BCUT2D eigenvalue weighted by molar-refractivity contribution is 0.185. The number of hydrogen-bond acceptors (Lipinski definition) is 4. The lowest BCUT2D eigenvalue weighted by Gasteiger charge is -2.23. The molecule has 4 nitrogen and oxygen atoms in total. The zero-order valence-corrected chi connectivity index (χ0v) is 12.9. The fourth-order valence-corrected chi connectivity index (χ4v) is 2.17. The Balaban J connectivity index is 1.98. The van der Waals surface area contributed by atoms with Crippen molar-refractivity contribution in [2.75, 3.05) is 25.1 Å². The minimum atomic E-state index is -0.634. The van der Waals surface area contributed by atoms with Gasteiger partial charge in [-0.1, -0.05) is 18.1 Å². The van der Waals surface area contributed by atoms with Crippen LogP contribution in [0.1, 0.15) is 17.2 Å². The van der Waals surface area contributed by atoms with Gasteiger partial charge >= 0.3 is 0 Å². The van der Waals surface area contributed by atoms with Gasteiger partial charge in [-0.3, -0.25) is 0 Å². The van der Waals surface area contributed by atoms with Crippen molar-refractivity contribution in [1.82, 2.24) is 0 Å². The Kier molecular flexibility index (Phi) is 5.63. The van der Waals surface area contributed by atoms with E-state index in [2.05, 4.69) is 12.0 Å². The molecule has 2 aromatic rings. The van der Waals surface area contributed by atoms with Crippen LogP contribution < -0.4 is 9.64 Å². The smallest absolute Gasteiger partial charge is 0.148 e. The van der Waals surface area contributed by atoms with Gasteiger partial charge in [-0.25, -0.2) is 0 Å². The number of terminal acetylenes is 1. The van der Waals surface area contributed by atoms with Crippen molar-refractivity contribution >= 4 is 5.69 Å².